The average Bonchev–Trinajstić information content (AvgIpc) is 3.40. The highest BCUT2D eigenvalue weighted by Gasteiger charge is 2.30. The molecule has 1 amide bonds. The summed E-state index contributed by atoms with van der Waals surface area (Å²) in [6.07, 6.45) is 4.03. The minimum atomic E-state index is -0.289. The molecule has 9 nitrogen and oxygen atoms in total. The molecule has 0 aromatic carbocycles. The highest BCUT2D eigenvalue weighted by Crippen LogP contribution is 2.29. The number of amides is 1. The molecule has 0 unspecified atom stereocenters. The maximum Gasteiger partial charge on any atom is 0.409 e. The number of nitrogens with zero attached hydrogens (tertiary/aromatic N) is 6. The fraction of sp³-hybridized carbons (Fsp3) is 0.400. The van der Waals surface area contributed by atoms with E-state index in [1.54, 1.807) is 36.0 Å². The maximum absolute atomic E-state index is 12.0. The zero-order valence-electron chi connectivity index (χ0n) is 16.8. The lowest BCUT2D eigenvalue weighted by Gasteiger charge is -2.24. The Labute approximate surface area is 168 Å². The molecule has 1 atom stereocenters. The first-order valence-corrected chi connectivity index (χ1v) is 9.61. The number of ether oxygens (including phenoxy) is 2. The van der Waals surface area contributed by atoms with Crippen molar-refractivity contribution in [2.75, 3.05) is 38.8 Å². The molecule has 1 saturated heterocycles. The second kappa shape index (κ2) is 7.94. The summed E-state index contributed by atoms with van der Waals surface area (Å²) in [6, 6.07) is 7.78. The van der Waals surface area contributed by atoms with E-state index in [0.717, 1.165) is 35.7 Å². The Morgan fingerprint density at radius 3 is 2.97 bits per heavy atom. The first-order valence-electron chi connectivity index (χ1n) is 9.61. The Morgan fingerprint density at radius 2 is 2.17 bits per heavy atom. The second-order valence-electron chi connectivity index (χ2n) is 6.86. The van der Waals surface area contributed by atoms with Crippen LogP contribution in [-0.2, 0) is 4.74 Å². The van der Waals surface area contributed by atoms with Gasteiger partial charge in [0.2, 0.25) is 5.88 Å². The molecular weight excluding hydrogens is 372 g/mol. The van der Waals surface area contributed by atoms with Crippen molar-refractivity contribution in [3.8, 4) is 17.1 Å². The molecule has 0 bridgehead atoms. The van der Waals surface area contributed by atoms with Gasteiger partial charge in [-0.3, -0.25) is 0 Å². The molecule has 4 heterocycles. The molecule has 0 radical (unpaired) electrons. The van der Waals surface area contributed by atoms with E-state index in [9.17, 15) is 4.79 Å². The van der Waals surface area contributed by atoms with Crippen LogP contribution in [0.5, 0.6) is 5.88 Å². The fourth-order valence-electron chi connectivity index (χ4n) is 3.60. The van der Waals surface area contributed by atoms with E-state index in [1.807, 2.05) is 31.2 Å². The van der Waals surface area contributed by atoms with E-state index in [2.05, 4.69) is 14.9 Å². The van der Waals surface area contributed by atoms with Crippen LogP contribution in [0.1, 0.15) is 13.3 Å². The lowest BCUT2D eigenvalue weighted by Crippen LogP contribution is -2.39. The lowest BCUT2D eigenvalue weighted by atomic mass is 10.2. The molecule has 4 rings (SSSR count). The Kier molecular flexibility index (Phi) is 5.20. The number of carbonyl (C=O) groups excluding carboxylic acids is 1. The van der Waals surface area contributed by atoms with Gasteiger partial charge >= 0.3 is 6.09 Å². The van der Waals surface area contributed by atoms with Crippen molar-refractivity contribution < 1.29 is 14.3 Å². The molecule has 0 N–H and O–H groups in total. The number of anilines is 1. The molecule has 1 aliphatic rings. The summed E-state index contributed by atoms with van der Waals surface area (Å²) in [4.78, 5) is 24.6. The zero-order valence-corrected chi connectivity index (χ0v) is 16.8. The van der Waals surface area contributed by atoms with Crippen LogP contribution in [0, 0.1) is 0 Å². The topological polar surface area (TPSA) is 85.1 Å². The number of fused-ring (bicyclic) bond motifs is 1. The number of carbonyl (C=O) groups is 1. The normalized spacial score (nSPS) is 16.2. The summed E-state index contributed by atoms with van der Waals surface area (Å²) in [6.45, 7) is 3.70. The SMILES string of the molecule is CCOC(=O)N(C)[C@H]1CCN(c2ccc3ncc(-c4cccnc4OC)n3n2)C1. The van der Waals surface area contributed by atoms with Gasteiger partial charge in [0, 0.05) is 26.3 Å². The van der Waals surface area contributed by atoms with Gasteiger partial charge in [-0.2, -0.15) is 0 Å². The number of hydrogen-bond donors (Lipinski definition) is 0. The van der Waals surface area contributed by atoms with Crippen LogP contribution >= 0.6 is 0 Å². The molecule has 152 valence electrons. The van der Waals surface area contributed by atoms with Gasteiger partial charge in [-0.05, 0) is 37.6 Å². The van der Waals surface area contributed by atoms with E-state index in [1.165, 1.54) is 0 Å². The Bertz CT molecular complexity index is 1020. The first-order chi connectivity index (χ1) is 14.1. The fourth-order valence-corrected chi connectivity index (χ4v) is 3.60. The minimum absolute atomic E-state index is 0.0900. The van der Waals surface area contributed by atoms with Gasteiger partial charge in [-0.25, -0.2) is 19.3 Å². The number of methoxy groups -OCH3 is 1. The number of imidazole rings is 1. The predicted molar refractivity (Wildman–Crippen MR) is 108 cm³/mol. The molecular formula is C20H24N6O3. The number of likely N-dealkylation sites (N-methyl/N-ethyl adjacent to an activating group) is 1. The highest BCUT2D eigenvalue weighted by molar-refractivity contribution is 5.69. The third-order valence-corrected chi connectivity index (χ3v) is 5.18. The van der Waals surface area contributed by atoms with Gasteiger partial charge < -0.3 is 19.3 Å². The Hall–Kier alpha value is -3.36. The van der Waals surface area contributed by atoms with Gasteiger partial charge in [0.25, 0.3) is 0 Å². The number of pyridine rings is 1. The van der Waals surface area contributed by atoms with Crippen LogP contribution in [0.2, 0.25) is 0 Å². The first kappa shape index (κ1) is 19.0. The van der Waals surface area contributed by atoms with Crippen molar-refractivity contribution >= 4 is 17.6 Å². The molecule has 3 aromatic rings. The van der Waals surface area contributed by atoms with Crippen molar-refractivity contribution in [2.24, 2.45) is 0 Å². The Morgan fingerprint density at radius 1 is 1.31 bits per heavy atom. The third-order valence-electron chi connectivity index (χ3n) is 5.18. The van der Waals surface area contributed by atoms with E-state index in [4.69, 9.17) is 14.6 Å². The maximum atomic E-state index is 12.0. The van der Waals surface area contributed by atoms with Gasteiger partial charge in [0.1, 0.15) is 5.82 Å². The van der Waals surface area contributed by atoms with Gasteiger partial charge in [0.05, 0.1) is 37.2 Å². The van der Waals surface area contributed by atoms with Crippen molar-refractivity contribution in [1.82, 2.24) is 24.5 Å². The van der Waals surface area contributed by atoms with E-state index in [-0.39, 0.29) is 12.1 Å². The summed E-state index contributed by atoms with van der Waals surface area (Å²) < 4.78 is 12.3. The van der Waals surface area contributed by atoms with Crippen LogP contribution in [0.3, 0.4) is 0 Å². The van der Waals surface area contributed by atoms with E-state index < -0.39 is 0 Å². The number of rotatable bonds is 5. The number of hydrogen-bond acceptors (Lipinski definition) is 7. The monoisotopic (exact) mass is 396 g/mol. The van der Waals surface area contributed by atoms with Crippen molar-refractivity contribution in [2.45, 2.75) is 19.4 Å². The average molecular weight is 396 g/mol. The molecule has 9 heteroatoms. The van der Waals surface area contributed by atoms with Crippen molar-refractivity contribution in [3.05, 3.63) is 36.7 Å². The molecule has 29 heavy (non-hydrogen) atoms. The summed E-state index contributed by atoms with van der Waals surface area (Å²) >= 11 is 0. The van der Waals surface area contributed by atoms with Gasteiger partial charge in [-0.15, -0.1) is 5.10 Å². The Balaban J connectivity index is 1.61. The van der Waals surface area contributed by atoms with E-state index >= 15 is 0 Å². The summed E-state index contributed by atoms with van der Waals surface area (Å²) in [7, 11) is 3.38. The highest BCUT2D eigenvalue weighted by atomic mass is 16.6. The second-order valence-corrected chi connectivity index (χ2v) is 6.86. The van der Waals surface area contributed by atoms with Crippen LogP contribution in [0.25, 0.3) is 16.9 Å². The molecule has 3 aromatic heterocycles. The summed E-state index contributed by atoms with van der Waals surface area (Å²) in [5, 5.41) is 4.81. The predicted octanol–water partition coefficient (Wildman–Crippen LogP) is 2.47. The summed E-state index contributed by atoms with van der Waals surface area (Å²) in [5.74, 6) is 1.36. The van der Waals surface area contributed by atoms with Crippen LogP contribution in [0.4, 0.5) is 10.6 Å². The molecule has 0 spiro atoms. The number of aromatic nitrogens is 4. The lowest BCUT2D eigenvalue weighted by molar-refractivity contribution is 0.105. The summed E-state index contributed by atoms with van der Waals surface area (Å²) in [5.41, 5.74) is 2.38. The van der Waals surface area contributed by atoms with E-state index in [0.29, 0.717) is 19.0 Å². The largest absolute Gasteiger partial charge is 0.481 e. The molecule has 1 fully saturated rings. The van der Waals surface area contributed by atoms with Crippen LogP contribution < -0.4 is 9.64 Å². The smallest absolute Gasteiger partial charge is 0.409 e. The third kappa shape index (κ3) is 3.55. The van der Waals surface area contributed by atoms with Crippen LogP contribution in [0.15, 0.2) is 36.7 Å². The minimum Gasteiger partial charge on any atom is -0.481 e. The standard InChI is InChI=1S/C20H24N6O3/c1-4-29-20(27)24(2)14-9-11-25(13-14)18-8-7-17-22-12-16(26(17)23-18)15-6-5-10-21-19(15)28-3/h5-8,10,12,14H,4,9,11,13H2,1-3H3/t14-/m0/s1. The van der Waals surface area contributed by atoms with Gasteiger partial charge in [0.15, 0.2) is 5.65 Å². The molecule has 1 aliphatic heterocycles. The van der Waals surface area contributed by atoms with Gasteiger partial charge in [-0.1, -0.05) is 0 Å². The quantitative estimate of drug-likeness (QED) is 0.655. The van der Waals surface area contributed by atoms with Crippen LogP contribution in [-0.4, -0.2) is 70.5 Å². The van der Waals surface area contributed by atoms with Crippen molar-refractivity contribution in [3.63, 3.8) is 0 Å². The molecule has 0 aliphatic carbocycles. The molecule has 0 saturated carbocycles. The van der Waals surface area contributed by atoms with Crippen molar-refractivity contribution in [1.29, 1.82) is 0 Å². The zero-order chi connectivity index (χ0) is 20.4.